The summed E-state index contributed by atoms with van der Waals surface area (Å²) in [7, 11) is 1.61. The van der Waals surface area contributed by atoms with Gasteiger partial charge in [0.25, 0.3) is 5.91 Å². The fourth-order valence-corrected chi connectivity index (χ4v) is 4.33. The first-order valence-corrected chi connectivity index (χ1v) is 11.8. The van der Waals surface area contributed by atoms with Crippen molar-refractivity contribution in [3.05, 3.63) is 84.4 Å². The number of rotatable bonds is 9. The molecule has 1 atom stereocenters. The van der Waals surface area contributed by atoms with Crippen molar-refractivity contribution in [2.45, 2.75) is 25.9 Å². The normalized spacial score (nSPS) is 15.3. The van der Waals surface area contributed by atoms with Crippen LogP contribution in [0.15, 0.2) is 78.9 Å². The number of nitrogens with zero attached hydrogens (tertiary/aromatic N) is 2. The predicted molar refractivity (Wildman–Crippen MR) is 140 cm³/mol. The minimum Gasteiger partial charge on any atom is -0.497 e. The molecule has 1 aliphatic rings. The second-order valence-corrected chi connectivity index (χ2v) is 8.36. The molecule has 0 saturated carbocycles. The summed E-state index contributed by atoms with van der Waals surface area (Å²) in [6.07, 6.45) is -0.0360. The Kier molecular flexibility index (Phi) is 7.62. The largest absolute Gasteiger partial charge is 0.497 e. The number of anilines is 2. The van der Waals surface area contributed by atoms with E-state index in [0.717, 1.165) is 17.1 Å². The molecule has 0 spiro atoms. The molecule has 1 saturated heterocycles. The molecule has 1 aliphatic heterocycles. The van der Waals surface area contributed by atoms with Crippen LogP contribution >= 0.6 is 12.2 Å². The third-order valence-corrected chi connectivity index (χ3v) is 6.09. The van der Waals surface area contributed by atoms with Gasteiger partial charge in [0.15, 0.2) is 5.11 Å². The van der Waals surface area contributed by atoms with Gasteiger partial charge in [-0.3, -0.25) is 14.5 Å². The van der Waals surface area contributed by atoms with Gasteiger partial charge in [-0.25, -0.2) is 0 Å². The highest BCUT2D eigenvalue weighted by Gasteiger charge is 2.44. The minimum atomic E-state index is -0.729. The lowest BCUT2D eigenvalue weighted by atomic mass is 10.1. The van der Waals surface area contributed by atoms with E-state index >= 15 is 0 Å². The maximum atomic E-state index is 13.5. The number of hydrogen-bond donors (Lipinski definition) is 1. The minimum absolute atomic E-state index is 0.0360. The van der Waals surface area contributed by atoms with Crippen LogP contribution in [-0.4, -0.2) is 41.6 Å². The van der Waals surface area contributed by atoms with Crippen LogP contribution in [0.1, 0.15) is 18.9 Å². The number of thiocarbonyl (C=S) groups is 1. The quantitative estimate of drug-likeness (QED) is 0.442. The SMILES string of the molecule is CCOc1ccc(NC(=O)CC2C(=O)N(c3ccccc3)C(=S)N2Cc2ccc(OC)cc2)cc1. The molecule has 0 aliphatic carbocycles. The van der Waals surface area contributed by atoms with Crippen molar-refractivity contribution in [1.82, 2.24) is 4.90 Å². The second-order valence-electron chi connectivity index (χ2n) is 7.99. The molecule has 1 N–H and O–H groups in total. The van der Waals surface area contributed by atoms with Gasteiger partial charge in [-0.1, -0.05) is 30.3 Å². The van der Waals surface area contributed by atoms with Crippen molar-refractivity contribution < 1.29 is 19.1 Å². The Bertz CT molecular complexity index is 1180. The molecule has 8 heteroatoms. The average molecular weight is 490 g/mol. The molecule has 1 unspecified atom stereocenters. The summed E-state index contributed by atoms with van der Waals surface area (Å²) in [4.78, 5) is 29.8. The molecule has 3 aromatic rings. The molecule has 0 bridgehead atoms. The van der Waals surface area contributed by atoms with E-state index in [1.54, 1.807) is 31.4 Å². The van der Waals surface area contributed by atoms with Crippen LogP contribution in [0.25, 0.3) is 0 Å². The van der Waals surface area contributed by atoms with Crippen molar-refractivity contribution in [3.63, 3.8) is 0 Å². The molecule has 180 valence electrons. The first-order chi connectivity index (χ1) is 17.0. The summed E-state index contributed by atoms with van der Waals surface area (Å²) in [6.45, 7) is 2.87. The first-order valence-electron chi connectivity index (χ1n) is 11.4. The number of carbonyl (C=O) groups is 2. The topological polar surface area (TPSA) is 71.1 Å². The monoisotopic (exact) mass is 489 g/mol. The molecule has 7 nitrogen and oxygen atoms in total. The molecule has 4 rings (SSSR count). The van der Waals surface area contributed by atoms with E-state index in [4.69, 9.17) is 21.7 Å². The summed E-state index contributed by atoms with van der Waals surface area (Å²) >= 11 is 5.73. The molecule has 2 amide bonds. The van der Waals surface area contributed by atoms with Crippen molar-refractivity contribution in [2.75, 3.05) is 23.9 Å². The standard InChI is InChI=1S/C27H27N3O4S/c1-3-34-23-15-11-20(12-16-23)28-25(31)17-24-26(32)30(21-7-5-4-6-8-21)27(35)29(24)18-19-9-13-22(33-2)14-10-19/h4-16,24H,3,17-18H2,1-2H3,(H,28,31). The number of amides is 2. The molecule has 1 heterocycles. The zero-order valence-corrected chi connectivity index (χ0v) is 20.5. The first kappa shape index (κ1) is 24.2. The molecule has 1 fully saturated rings. The summed E-state index contributed by atoms with van der Waals surface area (Å²) in [6, 6.07) is 23.2. The number of benzene rings is 3. The number of ether oxygens (including phenoxy) is 2. The molecule has 0 radical (unpaired) electrons. The lowest BCUT2D eigenvalue weighted by molar-refractivity contribution is -0.124. The number of hydrogen-bond acceptors (Lipinski definition) is 5. The number of carbonyl (C=O) groups excluding carboxylic acids is 2. The fraction of sp³-hybridized carbons (Fsp3) is 0.222. The highest BCUT2D eigenvalue weighted by atomic mass is 32.1. The average Bonchev–Trinajstić information content (AvgIpc) is 3.10. The highest BCUT2D eigenvalue weighted by Crippen LogP contribution is 2.29. The van der Waals surface area contributed by atoms with Crippen LogP contribution in [0.4, 0.5) is 11.4 Å². The van der Waals surface area contributed by atoms with Gasteiger partial charge in [0.05, 0.1) is 25.8 Å². The Morgan fingerprint density at radius 2 is 1.63 bits per heavy atom. The van der Waals surface area contributed by atoms with E-state index in [9.17, 15) is 9.59 Å². The van der Waals surface area contributed by atoms with E-state index in [0.29, 0.717) is 29.6 Å². The number of methoxy groups -OCH3 is 1. The molecule has 35 heavy (non-hydrogen) atoms. The highest BCUT2D eigenvalue weighted by molar-refractivity contribution is 7.80. The maximum Gasteiger partial charge on any atom is 0.256 e. The molecule has 3 aromatic carbocycles. The van der Waals surface area contributed by atoms with E-state index in [1.165, 1.54) is 4.90 Å². The predicted octanol–water partition coefficient (Wildman–Crippen LogP) is 4.63. The lowest BCUT2D eigenvalue weighted by Crippen LogP contribution is -2.37. The summed E-state index contributed by atoms with van der Waals surface area (Å²) in [5.74, 6) is 0.971. The van der Waals surface area contributed by atoms with Crippen LogP contribution in [0.3, 0.4) is 0 Å². The van der Waals surface area contributed by atoms with Gasteiger partial charge in [0.2, 0.25) is 5.91 Å². The van der Waals surface area contributed by atoms with Gasteiger partial charge in [0, 0.05) is 12.2 Å². The van der Waals surface area contributed by atoms with E-state index in [-0.39, 0.29) is 18.2 Å². The smallest absolute Gasteiger partial charge is 0.256 e. The number of para-hydroxylation sites is 1. The Morgan fingerprint density at radius 3 is 2.26 bits per heavy atom. The van der Waals surface area contributed by atoms with Crippen LogP contribution in [0.5, 0.6) is 11.5 Å². The second kappa shape index (κ2) is 11.0. The van der Waals surface area contributed by atoms with Gasteiger partial charge in [0.1, 0.15) is 17.5 Å². The summed E-state index contributed by atoms with van der Waals surface area (Å²) < 4.78 is 10.7. The van der Waals surface area contributed by atoms with Crippen LogP contribution in [0, 0.1) is 0 Å². The third kappa shape index (κ3) is 5.60. The Morgan fingerprint density at radius 1 is 0.971 bits per heavy atom. The van der Waals surface area contributed by atoms with Crippen molar-refractivity contribution in [3.8, 4) is 11.5 Å². The molecule has 0 aromatic heterocycles. The van der Waals surface area contributed by atoms with E-state index < -0.39 is 6.04 Å². The summed E-state index contributed by atoms with van der Waals surface area (Å²) in [5, 5.41) is 3.25. The Labute approximate surface area is 210 Å². The van der Waals surface area contributed by atoms with Gasteiger partial charge < -0.3 is 19.7 Å². The maximum absolute atomic E-state index is 13.5. The van der Waals surface area contributed by atoms with E-state index in [2.05, 4.69) is 5.32 Å². The van der Waals surface area contributed by atoms with Crippen molar-refractivity contribution in [2.24, 2.45) is 0 Å². The molecular weight excluding hydrogens is 462 g/mol. The van der Waals surface area contributed by atoms with Crippen LogP contribution in [-0.2, 0) is 16.1 Å². The molecular formula is C27H27N3O4S. The van der Waals surface area contributed by atoms with E-state index in [1.807, 2.05) is 66.4 Å². The third-order valence-electron chi connectivity index (χ3n) is 5.67. The number of nitrogens with one attached hydrogen (secondary N) is 1. The zero-order chi connectivity index (χ0) is 24.8. The van der Waals surface area contributed by atoms with Gasteiger partial charge in [-0.05, 0) is 73.2 Å². The van der Waals surface area contributed by atoms with Gasteiger partial charge in [-0.15, -0.1) is 0 Å². The van der Waals surface area contributed by atoms with Crippen LogP contribution < -0.4 is 19.7 Å². The van der Waals surface area contributed by atoms with Crippen LogP contribution in [0.2, 0.25) is 0 Å². The Hall–Kier alpha value is -3.91. The van der Waals surface area contributed by atoms with Crippen molar-refractivity contribution >= 4 is 40.5 Å². The summed E-state index contributed by atoms with van der Waals surface area (Å²) in [5.41, 5.74) is 2.26. The Balaban J connectivity index is 1.54. The lowest BCUT2D eigenvalue weighted by Gasteiger charge is -2.24. The van der Waals surface area contributed by atoms with Crippen molar-refractivity contribution in [1.29, 1.82) is 0 Å². The van der Waals surface area contributed by atoms with Gasteiger partial charge >= 0.3 is 0 Å². The fourth-order valence-electron chi connectivity index (χ4n) is 3.94. The van der Waals surface area contributed by atoms with Gasteiger partial charge in [-0.2, -0.15) is 0 Å². The zero-order valence-electron chi connectivity index (χ0n) is 19.6.